The predicted octanol–water partition coefficient (Wildman–Crippen LogP) is 1.86. The van der Waals surface area contributed by atoms with Crippen molar-refractivity contribution < 1.29 is 14.4 Å². The van der Waals surface area contributed by atoms with Gasteiger partial charge in [0.15, 0.2) is 0 Å². The molecule has 2 saturated heterocycles. The number of hydrogen-bond acceptors (Lipinski definition) is 3. The molecule has 2 unspecified atom stereocenters. The average Bonchev–Trinajstić information content (AvgIpc) is 2.86. The molecule has 2 atom stereocenters. The zero-order chi connectivity index (χ0) is 17.3. The van der Waals surface area contributed by atoms with Gasteiger partial charge in [0.05, 0.1) is 13.1 Å². The van der Waals surface area contributed by atoms with Crippen molar-refractivity contribution in [2.45, 2.75) is 26.8 Å². The molecule has 1 aromatic rings. The second-order valence-electron chi connectivity index (χ2n) is 6.99. The van der Waals surface area contributed by atoms with Crippen molar-refractivity contribution in [2.24, 2.45) is 11.8 Å². The van der Waals surface area contributed by atoms with Gasteiger partial charge in [-0.1, -0.05) is 26.0 Å². The zero-order valence-corrected chi connectivity index (χ0v) is 14.1. The molecule has 6 nitrogen and oxygen atoms in total. The highest BCUT2D eigenvalue weighted by molar-refractivity contribution is 6.01. The Kier molecular flexibility index (Phi) is 4.55. The van der Waals surface area contributed by atoms with Crippen LogP contribution in [0.1, 0.15) is 36.2 Å². The standard InChI is InChI=1S/C18H23N3O3/c1-12-7-13(2)10-20(9-12)17(23)15-5-3-14(4-6-15)11-21-16(22)8-19-18(21)24/h3-6,12-13H,7-11H2,1-2H3,(H,19,24). The van der Waals surface area contributed by atoms with Crippen molar-refractivity contribution in [3.05, 3.63) is 35.4 Å². The van der Waals surface area contributed by atoms with E-state index in [0.717, 1.165) is 25.1 Å². The van der Waals surface area contributed by atoms with E-state index in [-0.39, 0.29) is 30.9 Å². The Bertz CT molecular complexity index is 630. The number of urea groups is 1. The number of hydrogen-bond donors (Lipinski definition) is 1. The van der Waals surface area contributed by atoms with Crippen molar-refractivity contribution in [3.8, 4) is 0 Å². The van der Waals surface area contributed by atoms with E-state index in [1.807, 2.05) is 17.0 Å². The fraction of sp³-hybridized carbons (Fsp3) is 0.500. The molecule has 0 saturated carbocycles. The summed E-state index contributed by atoms with van der Waals surface area (Å²) < 4.78 is 0. The predicted molar refractivity (Wildman–Crippen MR) is 89.2 cm³/mol. The van der Waals surface area contributed by atoms with Crippen LogP contribution in [0.25, 0.3) is 0 Å². The van der Waals surface area contributed by atoms with Crippen molar-refractivity contribution >= 4 is 17.8 Å². The number of amides is 4. The third-order valence-corrected chi connectivity index (χ3v) is 4.63. The van der Waals surface area contributed by atoms with Gasteiger partial charge in [-0.2, -0.15) is 0 Å². The summed E-state index contributed by atoms with van der Waals surface area (Å²) in [4.78, 5) is 38.9. The summed E-state index contributed by atoms with van der Waals surface area (Å²) >= 11 is 0. The SMILES string of the molecule is CC1CC(C)CN(C(=O)c2ccc(CN3C(=O)CNC3=O)cc2)C1. The monoisotopic (exact) mass is 329 g/mol. The summed E-state index contributed by atoms with van der Waals surface area (Å²) in [6.45, 7) is 6.24. The number of nitrogens with one attached hydrogen (secondary N) is 1. The molecule has 2 heterocycles. The van der Waals surface area contributed by atoms with Gasteiger partial charge in [0, 0.05) is 18.7 Å². The molecule has 2 aliphatic rings. The highest BCUT2D eigenvalue weighted by atomic mass is 16.2. The molecule has 0 radical (unpaired) electrons. The van der Waals surface area contributed by atoms with Crippen LogP contribution >= 0.6 is 0 Å². The molecule has 4 amide bonds. The molecular formula is C18H23N3O3. The van der Waals surface area contributed by atoms with Crippen LogP contribution in [0.5, 0.6) is 0 Å². The van der Waals surface area contributed by atoms with E-state index in [9.17, 15) is 14.4 Å². The highest BCUT2D eigenvalue weighted by Gasteiger charge is 2.29. The third kappa shape index (κ3) is 3.42. The Morgan fingerprint density at radius 3 is 2.29 bits per heavy atom. The van der Waals surface area contributed by atoms with E-state index in [1.54, 1.807) is 12.1 Å². The molecule has 1 aromatic carbocycles. The number of imide groups is 1. The Balaban J connectivity index is 1.66. The van der Waals surface area contributed by atoms with Crippen molar-refractivity contribution in [3.63, 3.8) is 0 Å². The van der Waals surface area contributed by atoms with Crippen LogP contribution < -0.4 is 5.32 Å². The number of likely N-dealkylation sites (tertiary alicyclic amines) is 1. The van der Waals surface area contributed by atoms with Gasteiger partial charge in [-0.3, -0.25) is 14.5 Å². The van der Waals surface area contributed by atoms with Crippen LogP contribution in [0.3, 0.4) is 0 Å². The van der Waals surface area contributed by atoms with E-state index in [0.29, 0.717) is 17.4 Å². The van der Waals surface area contributed by atoms with Gasteiger partial charge < -0.3 is 10.2 Å². The summed E-state index contributed by atoms with van der Waals surface area (Å²) in [5.74, 6) is 0.875. The molecular weight excluding hydrogens is 306 g/mol. The number of nitrogens with zero attached hydrogens (tertiary/aromatic N) is 2. The lowest BCUT2D eigenvalue weighted by Gasteiger charge is -2.35. The van der Waals surface area contributed by atoms with Gasteiger partial charge in [0.25, 0.3) is 5.91 Å². The molecule has 0 aliphatic carbocycles. The maximum atomic E-state index is 12.6. The molecule has 0 aromatic heterocycles. The lowest BCUT2D eigenvalue weighted by molar-refractivity contribution is -0.125. The molecule has 128 valence electrons. The van der Waals surface area contributed by atoms with Crippen LogP contribution in [0.4, 0.5) is 4.79 Å². The van der Waals surface area contributed by atoms with Gasteiger partial charge in [-0.15, -0.1) is 0 Å². The highest BCUT2D eigenvalue weighted by Crippen LogP contribution is 2.22. The Labute approximate surface area is 141 Å². The van der Waals surface area contributed by atoms with Gasteiger partial charge in [-0.05, 0) is 36.0 Å². The van der Waals surface area contributed by atoms with Gasteiger partial charge >= 0.3 is 6.03 Å². The maximum absolute atomic E-state index is 12.6. The second kappa shape index (κ2) is 6.63. The molecule has 0 spiro atoms. The number of piperidine rings is 1. The lowest BCUT2D eigenvalue weighted by atomic mass is 9.91. The normalized spacial score (nSPS) is 24.2. The van der Waals surface area contributed by atoms with Crippen molar-refractivity contribution in [2.75, 3.05) is 19.6 Å². The Morgan fingerprint density at radius 2 is 1.75 bits per heavy atom. The fourth-order valence-electron chi connectivity index (χ4n) is 3.56. The Hall–Kier alpha value is -2.37. The first-order valence-corrected chi connectivity index (χ1v) is 8.40. The average molecular weight is 329 g/mol. The van der Waals surface area contributed by atoms with Crippen LogP contribution in [0.15, 0.2) is 24.3 Å². The third-order valence-electron chi connectivity index (χ3n) is 4.63. The smallest absolute Gasteiger partial charge is 0.324 e. The summed E-state index contributed by atoms with van der Waals surface area (Å²) in [7, 11) is 0. The molecule has 6 heteroatoms. The zero-order valence-electron chi connectivity index (χ0n) is 14.1. The first kappa shape index (κ1) is 16.5. The maximum Gasteiger partial charge on any atom is 0.324 e. The Morgan fingerprint density at radius 1 is 1.12 bits per heavy atom. The minimum absolute atomic E-state index is 0.0509. The minimum Gasteiger partial charge on any atom is -0.338 e. The molecule has 0 bridgehead atoms. The minimum atomic E-state index is -0.364. The van der Waals surface area contributed by atoms with E-state index in [1.165, 1.54) is 4.90 Å². The largest absolute Gasteiger partial charge is 0.338 e. The fourth-order valence-corrected chi connectivity index (χ4v) is 3.56. The van der Waals surface area contributed by atoms with Gasteiger partial charge in [0.1, 0.15) is 0 Å². The van der Waals surface area contributed by atoms with Gasteiger partial charge in [0.2, 0.25) is 5.91 Å². The van der Waals surface area contributed by atoms with Crippen LogP contribution in [-0.2, 0) is 11.3 Å². The second-order valence-corrected chi connectivity index (χ2v) is 6.99. The first-order valence-electron chi connectivity index (χ1n) is 8.40. The van der Waals surface area contributed by atoms with Crippen LogP contribution in [-0.4, -0.2) is 47.3 Å². The molecule has 24 heavy (non-hydrogen) atoms. The molecule has 3 rings (SSSR count). The summed E-state index contributed by atoms with van der Waals surface area (Å²) in [6.07, 6.45) is 1.16. The number of rotatable bonds is 3. The first-order chi connectivity index (χ1) is 11.4. The summed E-state index contributed by atoms with van der Waals surface area (Å²) in [5.41, 5.74) is 1.48. The number of carbonyl (C=O) groups is 3. The van der Waals surface area contributed by atoms with E-state index in [4.69, 9.17) is 0 Å². The number of benzene rings is 1. The summed E-state index contributed by atoms with van der Waals surface area (Å²) in [5, 5.41) is 2.50. The molecule has 2 fully saturated rings. The van der Waals surface area contributed by atoms with Crippen LogP contribution in [0.2, 0.25) is 0 Å². The van der Waals surface area contributed by atoms with E-state index < -0.39 is 0 Å². The summed E-state index contributed by atoms with van der Waals surface area (Å²) in [6, 6.07) is 6.81. The van der Waals surface area contributed by atoms with Crippen LogP contribution in [0, 0.1) is 11.8 Å². The van der Waals surface area contributed by atoms with E-state index in [2.05, 4.69) is 19.2 Å². The molecule has 2 aliphatic heterocycles. The lowest BCUT2D eigenvalue weighted by Crippen LogP contribution is -2.42. The van der Waals surface area contributed by atoms with Crippen molar-refractivity contribution in [1.82, 2.24) is 15.1 Å². The van der Waals surface area contributed by atoms with Crippen molar-refractivity contribution in [1.29, 1.82) is 0 Å². The van der Waals surface area contributed by atoms with Gasteiger partial charge in [-0.25, -0.2) is 4.79 Å². The quantitative estimate of drug-likeness (QED) is 0.861. The van der Waals surface area contributed by atoms with E-state index >= 15 is 0 Å². The molecule has 1 N–H and O–H groups in total. The topological polar surface area (TPSA) is 69.7 Å². The number of carbonyl (C=O) groups excluding carboxylic acids is 3.